The van der Waals surface area contributed by atoms with E-state index in [0.717, 1.165) is 27.4 Å². The number of nitrogens with one attached hydrogen (secondary N) is 1. The van der Waals surface area contributed by atoms with Gasteiger partial charge in [0.15, 0.2) is 11.5 Å². The van der Waals surface area contributed by atoms with E-state index in [9.17, 15) is 9.59 Å². The van der Waals surface area contributed by atoms with Crippen LogP contribution in [0.25, 0.3) is 6.08 Å². The van der Waals surface area contributed by atoms with E-state index in [1.807, 2.05) is 32.0 Å². The Balaban J connectivity index is 1.39. The summed E-state index contributed by atoms with van der Waals surface area (Å²) in [4.78, 5) is 26.8. The normalized spacial score (nSPS) is 15.7. The van der Waals surface area contributed by atoms with Crippen LogP contribution in [0.2, 0.25) is 0 Å². The van der Waals surface area contributed by atoms with Crippen LogP contribution in [0.15, 0.2) is 42.5 Å². The molecule has 1 saturated heterocycles. The van der Waals surface area contributed by atoms with Crippen molar-refractivity contribution in [1.82, 2.24) is 10.2 Å². The van der Waals surface area contributed by atoms with Gasteiger partial charge >= 0.3 is 0 Å². The quantitative estimate of drug-likeness (QED) is 0.508. The Labute approximate surface area is 202 Å². The molecule has 1 unspecified atom stereocenters. The molecule has 0 aliphatic carbocycles. The number of nitrogens with zero attached hydrogens (tertiary/aromatic N) is 3. The van der Waals surface area contributed by atoms with Gasteiger partial charge in [0.1, 0.15) is 5.01 Å². The number of carbonyl (C=O) groups is 2. The van der Waals surface area contributed by atoms with Gasteiger partial charge in [-0.3, -0.25) is 14.9 Å². The first-order valence-corrected chi connectivity index (χ1v) is 11.6. The molecular formula is C25H26N4O4S. The lowest BCUT2D eigenvalue weighted by Crippen LogP contribution is -2.24. The number of anilines is 2. The first-order chi connectivity index (χ1) is 16.4. The predicted octanol–water partition coefficient (Wildman–Crippen LogP) is 4.34. The number of hydrogen-bond acceptors (Lipinski definition) is 7. The first-order valence-electron chi connectivity index (χ1n) is 10.8. The number of rotatable bonds is 7. The topological polar surface area (TPSA) is 93.7 Å². The molecule has 9 heteroatoms. The number of methoxy groups -OCH3 is 2. The summed E-state index contributed by atoms with van der Waals surface area (Å²) in [5.41, 5.74) is 3.94. The summed E-state index contributed by atoms with van der Waals surface area (Å²) in [5, 5.41) is 12.2. The van der Waals surface area contributed by atoms with Crippen molar-refractivity contribution in [3.05, 3.63) is 64.2 Å². The minimum absolute atomic E-state index is 0.0567. The van der Waals surface area contributed by atoms with Crippen molar-refractivity contribution in [3.8, 4) is 11.5 Å². The number of carbonyl (C=O) groups excluding carboxylic acids is 2. The summed E-state index contributed by atoms with van der Waals surface area (Å²) in [6, 6.07) is 11.5. The Morgan fingerprint density at radius 1 is 1.09 bits per heavy atom. The molecule has 1 aromatic heterocycles. The zero-order valence-electron chi connectivity index (χ0n) is 19.5. The molecule has 2 aromatic carbocycles. The Morgan fingerprint density at radius 3 is 2.53 bits per heavy atom. The molecule has 1 aliphatic heterocycles. The van der Waals surface area contributed by atoms with Crippen LogP contribution >= 0.6 is 11.3 Å². The molecule has 34 heavy (non-hydrogen) atoms. The molecule has 0 spiro atoms. The summed E-state index contributed by atoms with van der Waals surface area (Å²) in [6.07, 6.45) is 3.47. The van der Waals surface area contributed by atoms with Crippen LogP contribution in [0.4, 0.5) is 10.8 Å². The number of amides is 2. The smallest absolute Gasteiger partial charge is 0.250 e. The Kier molecular flexibility index (Phi) is 6.93. The van der Waals surface area contributed by atoms with Crippen LogP contribution in [-0.4, -0.2) is 42.8 Å². The molecule has 4 rings (SSSR count). The minimum atomic E-state index is -0.322. The van der Waals surface area contributed by atoms with Gasteiger partial charge in [0.05, 0.1) is 14.2 Å². The zero-order valence-corrected chi connectivity index (χ0v) is 20.3. The van der Waals surface area contributed by atoms with E-state index in [2.05, 4.69) is 21.6 Å². The van der Waals surface area contributed by atoms with E-state index in [4.69, 9.17) is 9.47 Å². The van der Waals surface area contributed by atoms with Crippen LogP contribution < -0.4 is 19.7 Å². The van der Waals surface area contributed by atoms with Gasteiger partial charge in [0, 0.05) is 30.6 Å². The zero-order chi connectivity index (χ0) is 24.2. The molecule has 176 valence electrons. The number of aromatic nitrogens is 2. The molecule has 3 aromatic rings. The summed E-state index contributed by atoms with van der Waals surface area (Å²) in [7, 11) is 3.13. The highest BCUT2D eigenvalue weighted by Crippen LogP contribution is 2.35. The summed E-state index contributed by atoms with van der Waals surface area (Å²) in [6.45, 7) is 4.59. The molecule has 0 bridgehead atoms. The van der Waals surface area contributed by atoms with Crippen LogP contribution in [0.3, 0.4) is 0 Å². The van der Waals surface area contributed by atoms with Crippen LogP contribution in [0.1, 0.15) is 34.0 Å². The highest BCUT2D eigenvalue weighted by atomic mass is 32.1. The minimum Gasteiger partial charge on any atom is -0.493 e. The van der Waals surface area contributed by atoms with Crippen molar-refractivity contribution in [3.63, 3.8) is 0 Å². The second kappa shape index (κ2) is 10.0. The molecule has 2 heterocycles. The maximum atomic E-state index is 12.7. The van der Waals surface area contributed by atoms with E-state index in [1.165, 1.54) is 17.4 Å². The highest BCUT2D eigenvalue weighted by Gasteiger charge is 2.34. The van der Waals surface area contributed by atoms with Gasteiger partial charge in [-0.15, -0.1) is 10.2 Å². The molecule has 1 fully saturated rings. The molecule has 8 nitrogen and oxygen atoms in total. The second-order valence-corrected chi connectivity index (χ2v) is 9.14. The fourth-order valence-corrected chi connectivity index (χ4v) is 4.79. The van der Waals surface area contributed by atoms with Crippen molar-refractivity contribution in [2.24, 2.45) is 0 Å². The molecule has 1 N–H and O–H groups in total. The van der Waals surface area contributed by atoms with Crippen LogP contribution in [0.5, 0.6) is 11.5 Å². The Bertz CT molecular complexity index is 1230. The van der Waals surface area contributed by atoms with E-state index in [-0.39, 0.29) is 17.7 Å². The number of ether oxygens (including phenoxy) is 2. The fraction of sp³-hybridized carbons (Fsp3) is 0.280. The van der Waals surface area contributed by atoms with Crippen molar-refractivity contribution in [2.45, 2.75) is 26.2 Å². The van der Waals surface area contributed by atoms with Gasteiger partial charge < -0.3 is 14.4 Å². The largest absolute Gasteiger partial charge is 0.493 e. The summed E-state index contributed by atoms with van der Waals surface area (Å²) in [5.74, 6) is 0.885. The van der Waals surface area contributed by atoms with Crippen molar-refractivity contribution in [2.75, 3.05) is 31.0 Å². The summed E-state index contributed by atoms with van der Waals surface area (Å²) < 4.78 is 10.5. The van der Waals surface area contributed by atoms with Crippen molar-refractivity contribution >= 4 is 40.0 Å². The Hall–Kier alpha value is -3.72. The first kappa shape index (κ1) is 23.4. The van der Waals surface area contributed by atoms with E-state index >= 15 is 0 Å². The van der Waals surface area contributed by atoms with E-state index in [0.29, 0.717) is 29.6 Å². The standard InChI is InChI=1S/C25H26N4O4S/c1-15-9-16(2)11-19(10-15)29-14-18(13-23(29)31)24-27-28-25(34-24)26-22(30)8-6-17-5-7-20(32-3)21(12-17)33-4/h5-12,18H,13-14H2,1-4H3,(H,26,28,30)/b8-6+. The van der Waals surface area contributed by atoms with Gasteiger partial charge in [0.2, 0.25) is 16.9 Å². The lowest BCUT2D eigenvalue weighted by molar-refractivity contribution is -0.117. The van der Waals surface area contributed by atoms with E-state index in [1.54, 1.807) is 37.3 Å². The van der Waals surface area contributed by atoms with Gasteiger partial charge in [-0.05, 0) is 60.9 Å². The lowest BCUT2D eigenvalue weighted by Gasteiger charge is -2.17. The molecule has 1 atom stereocenters. The third kappa shape index (κ3) is 5.26. The third-order valence-corrected chi connectivity index (χ3v) is 6.50. The van der Waals surface area contributed by atoms with Crippen LogP contribution in [-0.2, 0) is 9.59 Å². The maximum Gasteiger partial charge on any atom is 0.250 e. The number of aryl methyl sites for hydroxylation is 2. The lowest BCUT2D eigenvalue weighted by atomic mass is 10.1. The van der Waals surface area contributed by atoms with Crippen molar-refractivity contribution in [1.29, 1.82) is 0 Å². The average Bonchev–Trinajstić information content (AvgIpc) is 3.43. The Morgan fingerprint density at radius 2 is 1.82 bits per heavy atom. The number of benzene rings is 2. The maximum absolute atomic E-state index is 12.7. The molecule has 1 aliphatic rings. The fourth-order valence-electron chi connectivity index (χ4n) is 3.95. The van der Waals surface area contributed by atoms with Gasteiger partial charge in [-0.25, -0.2) is 0 Å². The molecule has 0 saturated carbocycles. The molecular weight excluding hydrogens is 452 g/mol. The second-order valence-electron chi connectivity index (χ2n) is 8.13. The molecule has 0 radical (unpaired) electrons. The monoisotopic (exact) mass is 478 g/mol. The van der Waals surface area contributed by atoms with Gasteiger partial charge in [-0.2, -0.15) is 0 Å². The van der Waals surface area contributed by atoms with Crippen molar-refractivity contribution < 1.29 is 19.1 Å². The van der Waals surface area contributed by atoms with Crippen LogP contribution in [0, 0.1) is 13.8 Å². The highest BCUT2D eigenvalue weighted by molar-refractivity contribution is 7.15. The third-order valence-electron chi connectivity index (χ3n) is 5.50. The average molecular weight is 479 g/mol. The SMILES string of the molecule is COc1ccc(/C=C/C(=O)Nc2nnc(C3CC(=O)N(c4cc(C)cc(C)c4)C3)s2)cc1OC. The van der Waals surface area contributed by atoms with Gasteiger partial charge in [0.25, 0.3) is 0 Å². The van der Waals surface area contributed by atoms with Gasteiger partial charge in [-0.1, -0.05) is 23.5 Å². The molecule has 2 amide bonds. The number of hydrogen-bond donors (Lipinski definition) is 1. The van der Waals surface area contributed by atoms with E-state index < -0.39 is 0 Å². The summed E-state index contributed by atoms with van der Waals surface area (Å²) >= 11 is 1.29. The predicted molar refractivity (Wildman–Crippen MR) is 133 cm³/mol.